The summed E-state index contributed by atoms with van der Waals surface area (Å²) in [7, 11) is 3.67. The molecule has 4 N–H and O–H groups in total. The van der Waals surface area contributed by atoms with Gasteiger partial charge in [-0.25, -0.2) is 4.79 Å². The van der Waals surface area contributed by atoms with Gasteiger partial charge < -0.3 is 21.1 Å². The number of carboxylic acid groups (broad SMARTS) is 1. The molecule has 0 radical (unpaired) electrons. The summed E-state index contributed by atoms with van der Waals surface area (Å²) < 4.78 is 0. The minimum Gasteiger partial charge on any atom is -0.480 e. The molecule has 0 aliphatic heterocycles. The van der Waals surface area contributed by atoms with E-state index >= 15 is 0 Å². The molecule has 2 amide bonds. The molecular weight excluding hydrogens is 274 g/mol. The zero-order chi connectivity index (χ0) is 16.0. The minimum atomic E-state index is -1.20. The van der Waals surface area contributed by atoms with Crippen molar-refractivity contribution < 1.29 is 19.5 Å². The molecule has 21 heavy (non-hydrogen) atoms. The summed E-state index contributed by atoms with van der Waals surface area (Å²) in [6.45, 7) is 0. The third-order valence-electron chi connectivity index (χ3n) is 2.91. The molecule has 114 valence electrons. The Balaban J connectivity index is 2.79. The molecule has 7 nitrogen and oxygen atoms in total. The topological polar surface area (TPSA) is 113 Å². The van der Waals surface area contributed by atoms with Crippen molar-refractivity contribution in [1.29, 1.82) is 0 Å². The van der Waals surface area contributed by atoms with Crippen molar-refractivity contribution in [2.75, 3.05) is 19.0 Å². The number of nitrogens with one attached hydrogen (secondary N) is 1. The van der Waals surface area contributed by atoms with Crippen LogP contribution in [0.2, 0.25) is 0 Å². The van der Waals surface area contributed by atoms with Crippen molar-refractivity contribution in [3.05, 3.63) is 29.8 Å². The minimum absolute atomic E-state index is 0.0379. The van der Waals surface area contributed by atoms with Crippen LogP contribution in [0.3, 0.4) is 0 Å². The molecule has 0 saturated carbocycles. The van der Waals surface area contributed by atoms with Gasteiger partial charge in [0, 0.05) is 31.8 Å². The van der Waals surface area contributed by atoms with Crippen molar-refractivity contribution >= 4 is 23.5 Å². The maximum absolute atomic E-state index is 12.1. The lowest BCUT2D eigenvalue weighted by Gasteiger charge is -2.16. The molecule has 0 spiro atoms. The van der Waals surface area contributed by atoms with E-state index in [-0.39, 0.29) is 12.8 Å². The van der Waals surface area contributed by atoms with Gasteiger partial charge in [-0.1, -0.05) is 6.07 Å². The number of amides is 2. The van der Waals surface area contributed by atoms with Gasteiger partial charge in [0.05, 0.1) is 0 Å². The summed E-state index contributed by atoms with van der Waals surface area (Å²) in [4.78, 5) is 35.7. The molecule has 0 bridgehead atoms. The Hall–Kier alpha value is -2.57. The van der Waals surface area contributed by atoms with Gasteiger partial charge >= 0.3 is 5.97 Å². The van der Waals surface area contributed by atoms with Gasteiger partial charge in [-0.15, -0.1) is 0 Å². The number of nitrogens with two attached hydrogens (primary N) is 1. The summed E-state index contributed by atoms with van der Waals surface area (Å²) in [5.74, 6) is -2.31. The molecule has 1 rings (SSSR count). The molecule has 0 unspecified atom stereocenters. The first kappa shape index (κ1) is 16.5. The van der Waals surface area contributed by atoms with Gasteiger partial charge in [-0.3, -0.25) is 9.59 Å². The van der Waals surface area contributed by atoms with E-state index in [0.717, 1.165) is 5.69 Å². The fraction of sp³-hybridized carbons (Fsp3) is 0.357. The van der Waals surface area contributed by atoms with Crippen molar-refractivity contribution in [2.45, 2.75) is 18.9 Å². The Bertz CT molecular complexity index is 543. The number of aliphatic carboxylic acids is 1. The predicted octanol–water partition coefficient (Wildman–Crippen LogP) is 0.201. The number of nitrogens with zero attached hydrogens (tertiary/aromatic N) is 1. The zero-order valence-corrected chi connectivity index (χ0v) is 12.0. The Kier molecular flexibility index (Phi) is 5.71. The van der Waals surface area contributed by atoms with Gasteiger partial charge in [-0.05, 0) is 24.6 Å². The van der Waals surface area contributed by atoms with E-state index in [0.29, 0.717) is 5.56 Å². The summed E-state index contributed by atoms with van der Waals surface area (Å²) in [5.41, 5.74) is 6.16. The molecule has 0 aromatic heterocycles. The third kappa shape index (κ3) is 5.13. The number of carboxylic acids is 1. The number of rotatable bonds is 7. The van der Waals surface area contributed by atoms with Crippen LogP contribution in [0.1, 0.15) is 23.2 Å². The maximum Gasteiger partial charge on any atom is 0.326 e. The standard InChI is InChI=1S/C14H19N3O4/c1-17(2)10-5-3-4-9(8-10)13(19)16-11(14(20)21)6-7-12(15)18/h3-5,8,11H,6-7H2,1-2H3,(H2,15,18)(H,16,19)(H,20,21)/t11-/m0/s1. The van der Waals surface area contributed by atoms with Crippen molar-refractivity contribution in [3.63, 3.8) is 0 Å². The second-order valence-electron chi connectivity index (χ2n) is 4.81. The normalized spacial score (nSPS) is 11.5. The zero-order valence-electron chi connectivity index (χ0n) is 12.0. The first-order chi connectivity index (χ1) is 9.81. The van der Waals surface area contributed by atoms with Gasteiger partial charge in [-0.2, -0.15) is 0 Å². The number of primary amides is 1. The van der Waals surface area contributed by atoms with Gasteiger partial charge in [0.1, 0.15) is 6.04 Å². The van der Waals surface area contributed by atoms with Crippen LogP contribution in [0.4, 0.5) is 5.69 Å². The monoisotopic (exact) mass is 293 g/mol. The molecule has 0 aliphatic rings. The fourth-order valence-corrected chi connectivity index (χ4v) is 1.71. The molecule has 1 aromatic carbocycles. The van der Waals surface area contributed by atoms with E-state index in [4.69, 9.17) is 10.8 Å². The van der Waals surface area contributed by atoms with Crippen LogP contribution in [0.25, 0.3) is 0 Å². The van der Waals surface area contributed by atoms with E-state index < -0.39 is 23.8 Å². The van der Waals surface area contributed by atoms with Crippen molar-refractivity contribution in [3.8, 4) is 0 Å². The lowest BCUT2D eigenvalue weighted by atomic mass is 10.1. The van der Waals surface area contributed by atoms with Crippen LogP contribution < -0.4 is 16.0 Å². The molecular formula is C14H19N3O4. The fourth-order valence-electron chi connectivity index (χ4n) is 1.71. The number of hydrogen-bond acceptors (Lipinski definition) is 4. The lowest BCUT2D eigenvalue weighted by Crippen LogP contribution is -2.41. The highest BCUT2D eigenvalue weighted by molar-refractivity contribution is 5.97. The van der Waals surface area contributed by atoms with Crippen molar-refractivity contribution in [1.82, 2.24) is 5.32 Å². The number of carbonyl (C=O) groups excluding carboxylic acids is 2. The highest BCUT2D eigenvalue weighted by Crippen LogP contribution is 2.13. The lowest BCUT2D eigenvalue weighted by molar-refractivity contribution is -0.139. The first-order valence-corrected chi connectivity index (χ1v) is 6.40. The first-order valence-electron chi connectivity index (χ1n) is 6.40. The second-order valence-corrected chi connectivity index (χ2v) is 4.81. The Labute approximate surface area is 122 Å². The quantitative estimate of drug-likeness (QED) is 0.664. The number of carbonyl (C=O) groups is 3. The van der Waals surface area contributed by atoms with Crippen LogP contribution in [-0.2, 0) is 9.59 Å². The largest absolute Gasteiger partial charge is 0.480 e. The second kappa shape index (κ2) is 7.28. The Morgan fingerprint density at radius 1 is 1.33 bits per heavy atom. The van der Waals surface area contributed by atoms with E-state index in [1.54, 1.807) is 18.2 Å². The van der Waals surface area contributed by atoms with Crippen LogP contribution in [0.5, 0.6) is 0 Å². The average molecular weight is 293 g/mol. The maximum atomic E-state index is 12.1. The van der Waals surface area contributed by atoms with Gasteiger partial charge in [0.25, 0.3) is 5.91 Å². The average Bonchev–Trinajstić information content (AvgIpc) is 2.42. The highest BCUT2D eigenvalue weighted by atomic mass is 16.4. The van der Waals surface area contributed by atoms with Gasteiger partial charge in [0.2, 0.25) is 5.91 Å². The predicted molar refractivity (Wildman–Crippen MR) is 78.1 cm³/mol. The third-order valence-corrected chi connectivity index (χ3v) is 2.91. The number of hydrogen-bond donors (Lipinski definition) is 3. The van der Waals surface area contributed by atoms with Crippen LogP contribution in [0, 0.1) is 0 Å². The molecule has 7 heteroatoms. The van der Waals surface area contributed by atoms with Crippen LogP contribution in [-0.4, -0.2) is 43.0 Å². The molecule has 0 saturated heterocycles. The summed E-state index contributed by atoms with van der Waals surface area (Å²) in [6.07, 6.45) is -0.140. The van der Waals surface area contributed by atoms with E-state index in [9.17, 15) is 14.4 Å². The molecule has 0 heterocycles. The Morgan fingerprint density at radius 2 is 2.00 bits per heavy atom. The van der Waals surface area contributed by atoms with Crippen LogP contribution in [0.15, 0.2) is 24.3 Å². The molecule has 1 atom stereocenters. The summed E-state index contributed by atoms with van der Waals surface area (Å²) in [5, 5.41) is 11.4. The molecule has 1 aromatic rings. The van der Waals surface area contributed by atoms with Gasteiger partial charge in [0.15, 0.2) is 0 Å². The molecule has 0 aliphatic carbocycles. The summed E-state index contributed by atoms with van der Waals surface area (Å²) >= 11 is 0. The van der Waals surface area contributed by atoms with E-state index in [2.05, 4.69) is 5.32 Å². The SMILES string of the molecule is CN(C)c1cccc(C(=O)N[C@@H](CCC(N)=O)C(=O)O)c1. The Morgan fingerprint density at radius 3 is 2.52 bits per heavy atom. The number of anilines is 1. The number of benzene rings is 1. The molecule has 0 fully saturated rings. The van der Waals surface area contributed by atoms with Crippen molar-refractivity contribution in [2.24, 2.45) is 5.73 Å². The van der Waals surface area contributed by atoms with Crippen LogP contribution >= 0.6 is 0 Å². The van der Waals surface area contributed by atoms with E-state index in [1.165, 1.54) is 0 Å². The summed E-state index contributed by atoms with van der Waals surface area (Å²) in [6, 6.07) is 5.65. The highest BCUT2D eigenvalue weighted by Gasteiger charge is 2.21. The van der Waals surface area contributed by atoms with E-state index in [1.807, 2.05) is 25.1 Å². The smallest absolute Gasteiger partial charge is 0.326 e.